The van der Waals surface area contributed by atoms with Gasteiger partial charge in [-0.15, -0.1) is 11.6 Å². The third kappa shape index (κ3) is 2.56. The Morgan fingerprint density at radius 3 is 2.71 bits per heavy atom. The van der Waals surface area contributed by atoms with E-state index in [9.17, 15) is 4.79 Å². The fourth-order valence-electron chi connectivity index (χ4n) is 1.09. The van der Waals surface area contributed by atoms with Crippen molar-refractivity contribution < 1.29 is 9.90 Å². The molecule has 0 aliphatic heterocycles. The van der Waals surface area contributed by atoms with Gasteiger partial charge >= 0.3 is 0 Å². The first-order chi connectivity index (χ1) is 6.56. The Morgan fingerprint density at radius 2 is 2.29 bits per heavy atom. The molecule has 0 heterocycles. The second-order valence-corrected chi connectivity index (χ2v) is 4.28. The van der Waals surface area contributed by atoms with Crippen molar-refractivity contribution in [3.8, 4) is 0 Å². The monoisotopic (exact) mass is 276 g/mol. The van der Waals surface area contributed by atoms with E-state index in [2.05, 4.69) is 15.9 Å². The molecule has 0 amide bonds. The summed E-state index contributed by atoms with van der Waals surface area (Å²) >= 11 is 9.21. The predicted molar refractivity (Wildman–Crippen MR) is 59.3 cm³/mol. The summed E-state index contributed by atoms with van der Waals surface area (Å²) in [5, 5.41) is 8.25. The van der Waals surface area contributed by atoms with Gasteiger partial charge in [0.1, 0.15) is 5.38 Å². The van der Waals surface area contributed by atoms with Gasteiger partial charge in [0.15, 0.2) is 5.78 Å². The van der Waals surface area contributed by atoms with Gasteiger partial charge in [-0.1, -0.05) is 28.1 Å². The van der Waals surface area contributed by atoms with Gasteiger partial charge in [-0.2, -0.15) is 0 Å². The second-order valence-electron chi connectivity index (χ2n) is 2.99. The summed E-state index contributed by atoms with van der Waals surface area (Å²) in [6, 6.07) is 5.25. The van der Waals surface area contributed by atoms with Gasteiger partial charge in [-0.25, -0.2) is 0 Å². The van der Waals surface area contributed by atoms with Crippen LogP contribution in [-0.2, 0) is 11.4 Å². The van der Waals surface area contributed by atoms with Gasteiger partial charge in [0.25, 0.3) is 0 Å². The largest absolute Gasteiger partial charge is 0.392 e. The maximum absolute atomic E-state index is 11.0. The lowest BCUT2D eigenvalue weighted by Gasteiger charge is -2.09. The number of aliphatic hydroxyl groups is 1. The molecular formula is C10H10BrClO2. The molecule has 1 aromatic carbocycles. The van der Waals surface area contributed by atoms with Gasteiger partial charge in [0.2, 0.25) is 0 Å². The minimum Gasteiger partial charge on any atom is -0.392 e. The lowest BCUT2D eigenvalue weighted by molar-refractivity contribution is -0.116. The van der Waals surface area contributed by atoms with Crippen molar-refractivity contribution in [3.05, 3.63) is 33.8 Å². The Hall–Kier alpha value is -0.380. The highest BCUT2D eigenvalue weighted by Crippen LogP contribution is 2.29. The van der Waals surface area contributed by atoms with E-state index in [0.717, 1.165) is 15.6 Å². The van der Waals surface area contributed by atoms with E-state index in [1.165, 1.54) is 6.92 Å². The van der Waals surface area contributed by atoms with Gasteiger partial charge < -0.3 is 5.11 Å². The molecule has 1 N–H and O–H groups in total. The fourth-order valence-corrected chi connectivity index (χ4v) is 2.07. The van der Waals surface area contributed by atoms with Crippen LogP contribution in [0.4, 0.5) is 0 Å². The summed E-state index contributed by atoms with van der Waals surface area (Å²) in [4.78, 5) is 11.0. The van der Waals surface area contributed by atoms with Crippen LogP contribution in [0.25, 0.3) is 0 Å². The topological polar surface area (TPSA) is 37.3 Å². The zero-order chi connectivity index (χ0) is 10.7. The quantitative estimate of drug-likeness (QED) is 0.863. The Bertz CT molecular complexity index is 352. The summed E-state index contributed by atoms with van der Waals surface area (Å²) in [6.07, 6.45) is 0. The zero-order valence-electron chi connectivity index (χ0n) is 7.63. The average Bonchev–Trinajstić information content (AvgIpc) is 2.16. The predicted octanol–water partition coefficient (Wildman–Crippen LogP) is 2.81. The van der Waals surface area contributed by atoms with E-state index in [1.54, 1.807) is 18.2 Å². The number of alkyl halides is 1. The van der Waals surface area contributed by atoms with Crippen molar-refractivity contribution >= 4 is 33.3 Å². The number of hydrogen-bond acceptors (Lipinski definition) is 2. The van der Waals surface area contributed by atoms with Crippen LogP contribution < -0.4 is 0 Å². The van der Waals surface area contributed by atoms with Crippen molar-refractivity contribution in [1.29, 1.82) is 0 Å². The number of carbonyl (C=O) groups excluding carboxylic acids is 1. The third-order valence-corrected chi connectivity index (χ3v) is 3.11. The van der Waals surface area contributed by atoms with Gasteiger partial charge in [0.05, 0.1) is 6.61 Å². The van der Waals surface area contributed by atoms with E-state index in [1.807, 2.05) is 0 Å². The number of carbonyl (C=O) groups is 1. The van der Waals surface area contributed by atoms with Crippen molar-refractivity contribution in [2.75, 3.05) is 0 Å². The van der Waals surface area contributed by atoms with Crippen molar-refractivity contribution in [1.82, 2.24) is 0 Å². The highest BCUT2D eigenvalue weighted by molar-refractivity contribution is 9.10. The average molecular weight is 278 g/mol. The molecule has 14 heavy (non-hydrogen) atoms. The normalized spacial score (nSPS) is 12.6. The van der Waals surface area contributed by atoms with E-state index in [4.69, 9.17) is 16.7 Å². The van der Waals surface area contributed by atoms with Gasteiger partial charge in [-0.3, -0.25) is 4.79 Å². The van der Waals surface area contributed by atoms with Crippen molar-refractivity contribution in [3.63, 3.8) is 0 Å². The first kappa shape index (κ1) is 11.7. The van der Waals surface area contributed by atoms with Gasteiger partial charge in [0, 0.05) is 4.47 Å². The first-order valence-electron chi connectivity index (χ1n) is 4.10. The minimum absolute atomic E-state index is 0.0219. The molecule has 0 radical (unpaired) electrons. The number of Topliss-reactive ketones (excluding diaryl/α,β-unsaturated/α-hetero) is 1. The third-order valence-electron chi connectivity index (χ3n) is 1.88. The molecule has 0 saturated carbocycles. The SMILES string of the molecule is CC(=O)C(Cl)c1ccc(CO)cc1Br. The number of ketones is 1. The van der Waals surface area contributed by atoms with Crippen LogP contribution in [-0.4, -0.2) is 10.9 Å². The van der Waals surface area contributed by atoms with Crippen LogP contribution in [0.15, 0.2) is 22.7 Å². The number of aliphatic hydroxyl groups excluding tert-OH is 1. The van der Waals surface area contributed by atoms with E-state index in [0.29, 0.717) is 0 Å². The van der Waals surface area contributed by atoms with E-state index < -0.39 is 5.38 Å². The van der Waals surface area contributed by atoms with Crippen LogP contribution in [0.5, 0.6) is 0 Å². The molecule has 0 saturated heterocycles. The minimum atomic E-state index is -0.628. The summed E-state index contributed by atoms with van der Waals surface area (Å²) in [5.41, 5.74) is 1.52. The molecule has 1 aromatic rings. The standard InChI is InChI=1S/C10H10BrClO2/c1-6(14)10(12)8-3-2-7(5-13)4-9(8)11/h2-4,10,13H,5H2,1H3. The molecule has 0 spiro atoms. The molecule has 1 unspecified atom stereocenters. The van der Waals surface area contributed by atoms with Crippen molar-refractivity contribution in [2.24, 2.45) is 0 Å². The van der Waals surface area contributed by atoms with Crippen LogP contribution in [0.1, 0.15) is 23.4 Å². The highest BCUT2D eigenvalue weighted by atomic mass is 79.9. The summed E-state index contributed by atoms with van der Waals surface area (Å²) in [5.74, 6) is -0.0934. The molecule has 0 bridgehead atoms. The lowest BCUT2D eigenvalue weighted by atomic mass is 10.1. The Morgan fingerprint density at radius 1 is 1.64 bits per heavy atom. The molecular weight excluding hydrogens is 267 g/mol. The number of halogens is 2. The van der Waals surface area contributed by atoms with E-state index >= 15 is 0 Å². The van der Waals surface area contributed by atoms with Gasteiger partial charge in [-0.05, 0) is 24.1 Å². The number of hydrogen-bond donors (Lipinski definition) is 1. The van der Waals surface area contributed by atoms with Crippen LogP contribution >= 0.6 is 27.5 Å². The number of benzene rings is 1. The number of rotatable bonds is 3. The molecule has 4 heteroatoms. The molecule has 0 aliphatic carbocycles. The molecule has 0 fully saturated rings. The van der Waals surface area contributed by atoms with Crippen LogP contribution in [0.3, 0.4) is 0 Å². The molecule has 0 aliphatic rings. The first-order valence-corrected chi connectivity index (χ1v) is 5.33. The smallest absolute Gasteiger partial charge is 0.152 e. The molecule has 1 rings (SSSR count). The second kappa shape index (κ2) is 4.91. The lowest BCUT2D eigenvalue weighted by Crippen LogP contribution is -2.02. The van der Waals surface area contributed by atoms with Crippen molar-refractivity contribution in [2.45, 2.75) is 18.9 Å². The summed E-state index contributed by atoms with van der Waals surface area (Å²) < 4.78 is 0.749. The Kier molecular flexibility index (Phi) is 4.11. The maximum Gasteiger partial charge on any atom is 0.152 e. The molecule has 0 aromatic heterocycles. The van der Waals surface area contributed by atoms with E-state index in [-0.39, 0.29) is 12.4 Å². The highest BCUT2D eigenvalue weighted by Gasteiger charge is 2.15. The maximum atomic E-state index is 11.0. The Labute approximate surface area is 96.0 Å². The molecule has 76 valence electrons. The summed E-state index contributed by atoms with van der Waals surface area (Å²) in [7, 11) is 0. The molecule has 2 nitrogen and oxygen atoms in total. The zero-order valence-corrected chi connectivity index (χ0v) is 9.97. The fraction of sp³-hybridized carbons (Fsp3) is 0.300. The summed E-state index contributed by atoms with van der Waals surface area (Å²) in [6.45, 7) is 1.43. The Balaban J connectivity index is 3.05. The van der Waals surface area contributed by atoms with Crippen LogP contribution in [0.2, 0.25) is 0 Å². The molecule has 1 atom stereocenters. The van der Waals surface area contributed by atoms with Crippen LogP contribution in [0, 0.1) is 0 Å².